The van der Waals surface area contributed by atoms with Gasteiger partial charge in [0, 0.05) is 20.2 Å². The molecule has 0 aliphatic heterocycles. The summed E-state index contributed by atoms with van der Waals surface area (Å²) in [4.78, 5) is 31.4. The van der Waals surface area contributed by atoms with Crippen LogP contribution in [-0.4, -0.2) is 56.2 Å². The maximum Gasteiger partial charge on any atom is 0.329 e. The van der Waals surface area contributed by atoms with Crippen molar-refractivity contribution in [3.05, 3.63) is 50.7 Å². The van der Waals surface area contributed by atoms with E-state index in [1.807, 2.05) is 38.1 Å². The maximum atomic E-state index is 12.6. The smallest absolute Gasteiger partial charge is 0.329 e. The lowest BCUT2D eigenvalue weighted by Crippen LogP contribution is -2.31. The lowest BCUT2D eigenvalue weighted by molar-refractivity contribution is 0.0786. The number of aromatic nitrogens is 4. The van der Waals surface area contributed by atoms with Crippen molar-refractivity contribution in [3.63, 3.8) is 0 Å². The molecule has 3 N–H and O–H groups in total. The van der Waals surface area contributed by atoms with Gasteiger partial charge in [0.15, 0.2) is 11.2 Å². The first-order valence-electron chi connectivity index (χ1n) is 11.2. The zero-order valence-corrected chi connectivity index (χ0v) is 19.6. The van der Waals surface area contributed by atoms with Crippen LogP contribution in [0.15, 0.2) is 33.9 Å². The zero-order chi connectivity index (χ0) is 24.0. The summed E-state index contributed by atoms with van der Waals surface area (Å²) >= 11 is 0. The highest BCUT2D eigenvalue weighted by Crippen LogP contribution is 2.18. The Morgan fingerprint density at radius 2 is 2.06 bits per heavy atom. The van der Waals surface area contributed by atoms with Gasteiger partial charge in [0.2, 0.25) is 5.95 Å². The Morgan fingerprint density at radius 1 is 1.27 bits per heavy atom. The summed E-state index contributed by atoms with van der Waals surface area (Å²) in [5.41, 5.74) is 0.496. The first-order valence-corrected chi connectivity index (χ1v) is 11.2. The molecule has 180 valence electrons. The maximum absolute atomic E-state index is 12.6. The lowest BCUT2D eigenvalue weighted by Gasteiger charge is -2.16. The molecular formula is C23H33N5O5. The molecular weight excluding hydrogens is 426 g/mol. The summed E-state index contributed by atoms with van der Waals surface area (Å²) in [5, 5.41) is 13.9. The third kappa shape index (κ3) is 6.23. The molecule has 0 fully saturated rings. The number of nitrogens with one attached hydrogen (secondary N) is 2. The highest BCUT2D eigenvalue weighted by Gasteiger charge is 2.20. The van der Waals surface area contributed by atoms with Crippen LogP contribution in [0.2, 0.25) is 0 Å². The third-order valence-electron chi connectivity index (χ3n) is 5.20. The van der Waals surface area contributed by atoms with Crippen LogP contribution in [0.1, 0.15) is 32.8 Å². The van der Waals surface area contributed by atoms with Crippen LogP contribution in [0, 0.1) is 0 Å². The second kappa shape index (κ2) is 11.2. The van der Waals surface area contributed by atoms with Gasteiger partial charge in [0.1, 0.15) is 18.5 Å². The van der Waals surface area contributed by atoms with Crippen LogP contribution in [0.4, 0.5) is 5.95 Å². The number of aliphatic hydroxyl groups excluding tert-OH is 1. The van der Waals surface area contributed by atoms with Gasteiger partial charge in [-0.3, -0.25) is 14.3 Å². The fourth-order valence-corrected chi connectivity index (χ4v) is 3.45. The van der Waals surface area contributed by atoms with Crippen LogP contribution in [0.5, 0.6) is 5.75 Å². The van der Waals surface area contributed by atoms with Gasteiger partial charge >= 0.3 is 5.69 Å². The minimum Gasteiger partial charge on any atom is -0.491 e. The van der Waals surface area contributed by atoms with E-state index in [0.717, 1.165) is 18.4 Å². The average Bonchev–Trinajstić information content (AvgIpc) is 3.14. The molecule has 1 aromatic carbocycles. The van der Waals surface area contributed by atoms with Crippen molar-refractivity contribution in [2.45, 2.75) is 52.4 Å². The quantitative estimate of drug-likeness (QED) is 0.352. The Labute approximate surface area is 192 Å². The summed E-state index contributed by atoms with van der Waals surface area (Å²) in [7, 11) is 1.54. The molecule has 0 saturated heterocycles. The standard InChI is InChI=1S/C23H33N5O5/c1-5-16-8-6-9-18(12-16)33-14-17(29)13-28-19-20(27(4)23(31)26-21(19)30)25-22(28)24-10-7-11-32-15(2)3/h6,8-9,12,15,17,29H,5,7,10-11,13-14H2,1-4H3,(H,24,25)(H,26,30,31)/t17-/m1/s1. The number of hydrogen-bond acceptors (Lipinski definition) is 7. The van der Waals surface area contributed by atoms with Crippen LogP contribution in [-0.2, 0) is 24.8 Å². The SMILES string of the molecule is CCc1cccc(OC[C@H](O)Cn2c(NCCCOC(C)C)nc3c2c(=O)[nH]c(=O)n3C)c1. The fourth-order valence-electron chi connectivity index (χ4n) is 3.45. The lowest BCUT2D eigenvalue weighted by atomic mass is 10.2. The van der Waals surface area contributed by atoms with Gasteiger partial charge in [-0.1, -0.05) is 19.1 Å². The highest BCUT2D eigenvalue weighted by molar-refractivity contribution is 5.74. The van der Waals surface area contributed by atoms with Crippen molar-refractivity contribution < 1.29 is 14.6 Å². The Kier molecular flexibility index (Phi) is 8.29. The Balaban J connectivity index is 1.78. The van der Waals surface area contributed by atoms with Crippen molar-refractivity contribution in [1.82, 2.24) is 19.1 Å². The van der Waals surface area contributed by atoms with E-state index < -0.39 is 17.4 Å². The van der Waals surface area contributed by atoms with Gasteiger partial charge in [-0.05, 0) is 44.4 Å². The van der Waals surface area contributed by atoms with E-state index in [1.54, 1.807) is 11.6 Å². The number of benzene rings is 1. The fraction of sp³-hybridized carbons (Fsp3) is 0.522. The molecule has 3 rings (SSSR count). The van der Waals surface area contributed by atoms with E-state index >= 15 is 0 Å². The number of hydrogen-bond donors (Lipinski definition) is 3. The highest BCUT2D eigenvalue weighted by atomic mass is 16.5. The van der Waals surface area contributed by atoms with E-state index in [4.69, 9.17) is 9.47 Å². The number of ether oxygens (including phenoxy) is 2. The number of aryl methyl sites for hydroxylation is 2. The van der Waals surface area contributed by atoms with E-state index in [9.17, 15) is 14.7 Å². The van der Waals surface area contributed by atoms with Gasteiger partial charge in [0.25, 0.3) is 5.56 Å². The van der Waals surface area contributed by atoms with Crippen molar-refractivity contribution >= 4 is 17.1 Å². The van der Waals surface area contributed by atoms with E-state index in [0.29, 0.717) is 24.8 Å². The molecule has 2 aromatic heterocycles. The first-order chi connectivity index (χ1) is 15.8. The zero-order valence-electron chi connectivity index (χ0n) is 19.6. The van der Waals surface area contributed by atoms with Crippen molar-refractivity contribution in [3.8, 4) is 5.75 Å². The second-order valence-corrected chi connectivity index (χ2v) is 8.20. The topological polar surface area (TPSA) is 123 Å². The van der Waals surface area contributed by atoms with Gasteiger partial charge in [-0.2, -0.15) is 4.98 Å². The molecule has 1 atom stereocenters. The molecule has 0 amide bonds. The molecule has 2 heterocycles. The molecule has 0 unspecified atom stereocenters. The number of imidazole rings is 1. The Bertz CT molecular complexity index is 1180. The molecule has 33 heavy (non-hydrogen) atoms. The summed E-state index contributed by atoms with van der Waals surface area (Å²) in [6.07, 6.45) is 0.861. The summed E-state index contributed by atoms with van der Waals surface area (Å²) in [6.45, 7) is 7.25. The van der Waals surface area contributed by atoms with Crippen LogP contribution in [0.3, 0.4) is 0 Å². The average molecular weight is 460 g/mol. The molecule has 0 saturated carbocycles. The Hall–Kier alpha value is -3.11. The first kappa shape index (κ1) is 24.5. The van der Waals surface area contributed by atoms with Gasteiger partial charge in [0.05, 0.1) is 12.6 Å². The van der Waals surface area contributed by atoms with Gasteiger partial charge in [-0.25, -0.2) is 4.79 Å². The Morgan fingerprint density at radius 3 is 2.79 bits per heavy atom. The molecule has 10 nitrogen and oxygen atoms in total. The second-order valence-electron chi connectivity index (χ2n) is 8.20. The molecule has 10 heteroatoms. The van der Waals surface area contributed by atoms with Crippen molar-refractivity contribution in [2.24, 2.45) is 7.05 Å². The van der Waals surface area contributed by atoms with E-state index in [2.05, 4.69) is 22.2 Å². The molecule has 0 bridgehead atoms. The van der Waals surface area contributed by atoms with Crippen LogP contribution < -0.4 is 21.3 Å². The van der Waals surface area contributed by atoms with Gasteiger partial charge in [-0.15, -0.1) is 0 Å². The molecule has 0 aliphatic carbocycles. The number of H-pyrrole nitrogens is 1. The largest absolute Gasteiger partial charge is 0.491 e. The number of fused-ring (bicyclic) bond motifs is 1. The molecule has 0 radical (unpaired) electrons. The number of rotatable bonds is 12. The summed E-state index contributed by atoms with van der Waals surface area (Å²) in [6, 6.07) is 7.70. The number of anilines is 1. The van der Waals surface area contributed by atoms with E-state index in [1.165, 1.54) is 4.57 Å². The summed E-state index contributed by atoms with van der Waals surface area (Å²) < 4.78 is 14.2. The van der Waals surface area contributed by atoms with Crippen LogP contribution >= 0.6 is 0 Å². The van der Waals surface area contributed by atoms with Crippen molar-refractivity contribution in [1.29, 1.82) is 0 Å². The number of nitrogens with zero attached hydrogens (tertiary/aromatic N) is 3. The molecule has 0 spiro atoms. The van der Waals surface area contributed by atoms with Crippen LogP contribution in [0.25, 0.3) is 11.2 Å². The normalized spacial score (nSPS) is 12.4. The number of aliphatic hydroxyl groups is 1. The predicted octanol–water partition coefficient (Wildman–Crippen LogP) is 1.65. The predicted molar refractivity (Wildman–Crippen MR) is 127 cm³/mol. The molecule has 0 aliphatic rings. The number of aromatic amines is 1. The third-order valence-corrected chi connectivity index (χ3v) is 5.20. The minimum absolute atomic E-state index is 0.0399. The molecule has 3 aromatic rings. The van der Waals surface area contributed by atoms with Crippen molar-refractivity contribution in [2.75, 3.05) is 25.1 Å². The summed E-state index contributed by atoms with van der Waals surface area (Å²) in [5.74, 6) is 1.07. The van der Waals surface area contributed by atoms with E-state index in [-0.39, 0.29) is 30.4 Å². The minimum atomic E-state index is -0.908. The van der Waals surface area contributed by atoms with Gasteiger partial charge < -0.3 is 24.5 Å². The monoisotopic (exact) mass is 459 g/mol.